The summed E-state index contributed by atoms with van der Waals surface area (Å²) in [4.78, 5) is 0. The summed E-state index contributed by atoms with van der Waals surface area (Å²) in [7, 11) is 0. The van der Waals surface area contributed by atoms with Crippen LogP contribution < -0.4 is 5.32 Å². The number of aliphatic hydroxyl groups is 1. The fourth-order valence-corrected chi connectivity index (χ4v) is 2.99. The highest BCUT2D eigenvalue weighted by atomic mass is 35.5. The molecule has 0 amide bonds. The van der Waals surface area contributed by atoms with Crippen molar-refractivity contribution in [2.75, 3.05) is 5.32 Å². The number of hydrogen-bond acceptors (Lipinski definition) is 5. The van der Waals surface area contributed by atoms with E-state index in [4.69, 9.17) is 11.6 Å². The Morgan fingerprint density at radius 1 is 1.08 bits per heavy atom. The second kappa shape index (κ2) is 7.18. The van der Waals surface area contributed by atoms with Crippen molar-refractivity contribution < 1.29 is 22.7 Å². The number of halogens is 5. The van der Waals surface area contributed by atoms with Crippen LogP contribution in [0.25, 0.3) is 0 Å². The molecule has 0 radical (unpaired) electrons. The van der Waals surface area contributed by atoms with Crippen molar-refractivity contribution in [3.8, 4) is 0 Å². The molecule has 26 heavy (non-hydrogen) atoms. The SMILES string of the molecule is OC(c1ccc(Cl)cc1)c1nnc(Nc2cc(C(F)(F)F)ccc2F)s1. The smallest absolute Gasteiger partial charge is 0.381 e. The van der Waals surface area contributed by atoms with Crippen molar-refractivity contribution in [2.45, 2.75) is 12.3 Å². The standard InChI is InChI=1S/C16H10ClF4N3OS/c17-10-4-1-8(2-5-10)13(25)14-23-24-15(26-14)22-12-7-9(16(19,20)21)3-6-11(12)18/h1-7,13,25H,(H,22,24). The lowest BCUT2D eigenvalue weighted by Gasteiger charge is -2.10. The molecule has 0 saturated heterocycles. The number of alkyl halides is 3. The summed E-state index contributed by atoms with van der Waals surface area (Å²) in [6.45, 7) is 0. The van der Waals surface area contributed by atoms with Crippen molar-refractivity contribution in [3.63, 3.8) is 0 Å². The molecule has 0 spiro atoms. The lowest BCUT2D eigenvalue weighted by molar-refractivity contribution is -0.137. The van der Waals surface area contributed by atoms with Gasteiger partial charge in [0.2, 0.25) is 5.13 Å². The van der Waals surface area contributed by atoms with Crippen LogP contribution in [0.3, 0.4) is 0 Å². The molecule has 10 heteroatoms. The Kier molecular flexibility index (Phi) is 5.12. The van der Waals surface area contributed by atoms with Gasteiger partial charge in [0.15, 0.2) is 5.01 Å². The summed E-state index contributed by atoms with van der Waals surface area (Å²) in [6.07, 6.45) is -5.69. The first-order valence-electron chi connectivity index (χ1n) is 7.15. The molecule has 0 aliphatic rings. The minimum Gasteiger partial charge on any atom is -0.381 e. The first kappa shape index (κ1) is 18.6. The summed E-state index contributed by atoms with van der Waals surface area (Å²) in [6, 6.07) is 8.41. The number of benzene rings is 2. The highest BCUT2D eigenvalue weighted by Crippen LogP contribution is 2.34. The molecule has 3 rings (SSSR count). The van der Waals surface area contributed by atoms with Gasteiger partial charge in [0.1, 0.15) is 11.9 Å². The lowest BCUT2D eigenvalue weighted by atomic mass is 10.1. The van der Waals surface area contributed by atoms with Gasteiger partial charge < -0.3 is 10.4 Å². The van der Waals surface area contributed by atoms with Gasteiger partial charge in [0.25, 0.3) is 0 Å². The molecule has 0 bridgehead atoms. The number of nitrogens with zero attached hydrogens (tertiary/aromatic N) is 2. The summed E-state index contributed by atoms with van der Waals surface area (Å²) in [5, 5.41) is 21.0. The van der Waals surface area contributed by atoms with Crippen LogP contribution in [0.1, 0.15) is 22.2 Å². The van der Waals surface area contributed by atoms with Crippen LogP contribution in [-0.4, -0.2) is 15.3 Å². The van der Waals surface area contributed by atoms with Crippen molar-refractivity contribution >= 4 is 33.8 Å². The third-order valence-electron chi connectivity index (χ3n) is 3.40. The van der Waals surface area contributed by atoms with Crippen LogP contribution >= 0.6 is 22.9 Å². The molecule has 0 fully saturated rings. The number of rotatable bonds is 4. The molecule has 1 aromatic heterocycles. The molecule has 1 atom stereocenters. The van der Waals surface area contributed by atoms with Gasteiger partial charge >= 0.3 is 6.18 Å². The van der Waals surface area contributed by atoms with Crippen molar-refractivity contribution in [1.82, 2.24) is 10.2 Å². The molecule has 0 aliphatic heterocycles. The first-order chi connectivity index (χ1) is 12.2. The molecule has 1 unspecified atom stereocenters. The van der Waals surface area contributed by atoms with Crippen LogP contribution in [0, 0.1) is 5.82 Å². The van der Waals surface area contributed by atoms with E-state index in [1.807, 2.05) is 0 Å². The van der Waals surface area contributed by atoms with Crippen LogP contribution in [0.5, 0.6) is 0 Å². The minimum absolute atomic E-state index is 0.0474. The Labute approximate surface area is 154 Å². The number of hydrogen-bond donors (Lipinski definition) is 2. The number of aliphatic hydroxyl groups excluding tert-OH is 1. The first-order valence-corrected chi connectivity index (χ1v) is 8.34. The summed E-state index contributed by atoms with van der Waals surface area (Å²) >= 11 is 6.68. The molecule has 2 N–H and O–H groups in total. The van der Waals surface area contributed by atoms with Crippen LogP contribution in [0.2, 0.25) is 5.02 Å². The molecule has 136 valence electrons. The van der Waals surface area contributed by atoms with Gasteiger partial charge in [-0.25, -0.2) is 4.39 Å². The second-order valence-corrected chi connectivity index (χ2v) is 6.66. The van der Waals surface area contributed by atoms with E-state index in [1.165, 1.54) is 0 Å². The average molecular weight is 404 g/mol. The van der Waals surface area contributed by atoms with Gasteiger partial charge in [-0.1, -0.05) is 35.1 Å². The third kappa shape index (κ3) is 4.12. The molecule has 1 heterocycles. The van der Waals surface area contributed by atoms with E-state index in [0.29, 0.717) is 22.7 Å². The second-order valence-electron chi connectivity index (χ2n) is 5.22. The van der Waals surface area contributed by atoms with Gasteiger partial charge in [-0.15, -0.1) is 10.2 Å². The zero-order chi connectivity index (χ0) is 18.9. The van der Waals surface area contributed by atoms with Crippen LogP contribution in [0.4, 0.5) is 28.4 Å². The highest BCUT2D eigenvalue weighted by molar-refractivity contribution is 7.15. The molecule has 2 aromatic carbocycles. The minimum atomic E-state index is -4.60. The lowest BCUT2D eigenvalue weighted by Crippen LogP contribution is -2.06. The van der Waals surface area contributed by atoms with E-state index in [0.717, 1.165) is 17.4 Å². The largest absolute Gasteiger partial charge is 0.416 e. The zero-order valence-corrected chi connectivity index (χ0v) is 14.3. The Morgan fingerprint density at radius 3 is 2.42 bits per heavy atom. The topological polar surface area (TPSA) is 58.0 Å². The van der Waals surface area contributed by atoms with Gasteiger partial charge in [0, 0.05) is 5.02 Å². The molecular formula is C16H10ClF4N3OS. The average Bonchev–Trinajstić information content (AvgIpc) is 3.04. The fraction of sp³-hybridized carbons (Fsp3) is 0.125. The van der Waals surface area contributed by atoms with Gasteiger partial charge in [-0.2, -0.15) is 13.2 Å². The Hall–Kier alpha value is -2.23. The Morgan fingerprint density at radius 2 is 1.77 bits per heavy atom. The van der Waals surface area contributed by atoms with E-state index >= 15 is 0 Å². The van der Waals surface area contributed by atoms with Gasteiger partial charge in [0.05, 0.1) is 11.3 Å². The van der Waals surface area contributed by atoms with Crippen molar-refractivity contribution in [3.05, 3.63) is 69.4 Å². The van der Waals surface area contributed by atoms with E-state index in [2.05, 4.69) is 15.5 Å². The van der Waals surface area contributed by atoms with Gasteiger partial charge in [-0.3, -0.25) is 0 Å². The molecule has 4 nitrogen and oxygen atoms in total. The number of aromatic nitrogens is 2. The van der Waals surface area contributed by atoms with E-state index in [9.17, 15) is 22.7 Å². The predicted molar refractivity (Wildman–Crippen MR) is 90.1 cm³/mol. The quantitative estimate of drug-likeness (QED) is 0.590. The maximum absolute atomic E-state index is 13.8. The van der Waals surface area contributed by atoms with Gasteiger partial charge in [-0.05, 0) is 35.9 Å². The maximum atomic E-state index is 13.8. The molecule has 0 aliphatic carbocycles. The van der Waals surface area contributed by atoms with Crippen molar-refractivity contribution in [2.24, 2.45) is 0 Å². The normalized spacial score (nSPS) is 12.8. The maximum Gasteiger partial charge on any atom is 0.416 e. The Bertz CT molecular complexity index is 915. The number of anilines is 2. The molecular weight excluding hydrogens is 394 g/mol. The van der Waals surface area contributed by atoms with Crippen LogP contribution in [-0.2, 0) is 6.18 Å². The summed E-state index contributed by atoms with van der Waals surface area (Å²) < 4.78 is 52.0. The monoisotopic (exact) mass is 403 g/mol. The van der Waals surface area contributed by atoms with Crippen LogP contribution in [0.15, 0.2) is 42.5 Å². The Balaban J connectivity index is 1.81. The fourth-order valence-electron chi connectivity index (χ4n) is 2.10. The summed E-state index contributed by atoms with van der Waals surface area (Å²) in [5.41, 5.74) is -0.863. The predicted octanol–water partition coefficient (Wildman–Crippen LogP) is 5.17. The zero-order valence-electron chi connectivity index (χ0n) is 12.8. The number of nitrogens with one attached hydrogen (secondary N) is 1. The summed E-state index contributed by atoms with van der Waals surface area (Å²) in [5.74, 6) is -0.868. The van der Waals surface area contributed by atoms with Crippen molar-refractivity contribution in [1.29, 1.82) is 0 Å². The van der Waals surface area contributed by atoms with E-state index < -0.39 is 23.7 Å². The highest BCUT2D eigenvalue weighted by Gasteiger charge is 2.31. The van der Waals surface area contributed by atoms with E-state index in [1.54, 1.807) is 24.3 Å². The molecule has 3 aromatic rings. The molecule has 0 saturated carbocycles. The van der Waals surface area contributed by atoms with E-state index in [-0.39, 0.29) is 15.8 Å². The third-order valence-corrected chi connectivity index (χ3v) is 4.54.